The third kappa shape index (κ3) is 3.93. The maximum absolute atomic E-state index is 10.6. The summed E-state index contributed by atoms with van der Waals surface area (Å²) in [6, 6.07) is 6.09. The maximum atomic E-state index is 10.6. The summed E-state index contributed by atoms with van der Waals surface area (Å²) in [5.74, 6) is 3.36. The number of nitrogens with zero attached hydrogens (tertiary/aromatic N) is 3. The molecular weight excluding hydrogens is 308 g/mol. The largest absolute Gasteiger partial charge is 0.332 e. The molecule has 1 saturated heterocycles. The number of thioether (sulfide) groups is 1. The Kier molecular flexibility index (Phi) is 5.14. The minimum absolute atomic E-state index is 0.0412. The predicted octanol–water partition coefficient (Wildman–Crippen LogP) is 2.33. The van der Waals surface area contributed by atoms with E-state index in [1.54, 1.807) is 23.9 Å². The second-order valence-electron chi connectivity index (χ2n) is 4.04. The predicted molar refractivity (Wildman–Crippen MR) is 89.6 cm³/mol. The number of nitro groups is 1. The first-order valence-electron chi connectivity index (χ1n) is 6.05. The lowest BCUT2D eigenvalue weighted by atomic mass is 10.3. The summed E-state index contributed by atoms with van der Waals surface area (Å²) >= 11 is 6.94. The Hall–Kier alpha value is -2.11. The van der Waals surface area contributed by atoms with Gasteiger partial charge in [0.2, 0.25) is 0 Å². The highest BCUT2D eigenvalue weighted by Gasteiger charge is 2.23. The minimum Gasteiger partial charge on any atom is -0.332 e. The molecule has 1 aromatic carbocycles. The van der Waals surface area contributed by atoms with Crippen LogP contribution in [0.15, 0.2) is 29.3 Å². The Balaban J connectivity index is 2.04. The summed E-state index contributed by atoms with van der Waals surface area (Å²) in [5.41, 5.74) is 0.735. The molecule has 1 aliphatic rings. The molecule has 0 bridgehead atoms. The zero-order chi connectivity index (χ0) is 15.2. The van der Waals surface area contributed by atoms with E-state index in [0.29, 0.717) is 17.3 Å². The molecule has 1 fully saturated rings. The lowest BCUT2D eigenvalue weighted by Gasteiger charge is -2.19. The summed E-state index contributed by atoms with van der Waals surface area (Å²) in [6.45, 7) is 1.08. The Labute approximate surface area is 131 Å². The van der Waals surface area contributed by atoms with E-state index in [1.165, 1.54) is 12.1 Å². The van der Waals surface area contributed by atoms with Crippen molar-refractivity contribution in [1.82, 2.24) is 4.90 Å². The van der Waals surface area contributed by atoms with E-state index < -0.39 is 4.92 Å². The maximum Gasteiger partial charge on any atom is 0.269 e. The van der Waals surface area contributed by atoms with Crippen LogP contribution in [0.5, 0.6) is 0 Å². The number of terminal acetylenes is 1. The van der Waals surface area contributed by atoms with Crippen molar-refractivity contribution in [3.63, 3.8) is 0 Å². The smallest absolute Gasteiger partial charge is 0.269 e. The molecule has 0 saturated carbocycles. The molecule has 0 radical (unpaired) electrons. The lowest BCUT2D eigenvalue weighted by Crippen LogP contribution is -2.35. The zero-order valence-corrected chi connectivity index (χ0v) is 12.6. The van der Waals surface area contributed by atoms with Gasteiger partial charge in [-0.25, -0.2) is 4.99 Å². The molecular formula is C13H12N4O2S2. The molecule has 1 aliphatic heterocycles. The lowest BCUT2D eigenvalue weighted by molar-refractivity contribution is -0.384. The average molecular weight is 320 g/mol. The molecule has 1 aromatic rings. The summed E-state index contributed by atoms with van der Waals surface area (Å²) in [5, 5.41) is 15.0. The summed E-state index contributed by atoms with van der Waals surface area (Å²) in [7, 11) is 0. The van der Waals surface area contributed by atoms with Crippen LogP contribution in [-0.2, 0) is 0 Å². The summed E-state index contributed by atoms with van der Waals surface area (Å²) in [4.78, 5) is 16.3. The van der Waals surface area contributed by atoms with Gasteiger partial charge in [0, 0.05) is 30.1 Å². The highest BCUT2D eigenvalue weighted by Crippen LogP contribution is 2.21. The number of anilines is 1. The Morgan fingerprint density at radius 3 is 2.90 bits per heavy atom. The van der Waals surface area contributed by atoms with Crippen molar-refractivity contribution in [2.75, 3.05) is 24.2 Å². The van der Waals surface area contributed by atoms with Crippen LogP contribution >= 0.6 is 24.0 Å². The fourth-order valence-corrected chi connectivity index (χ4v) is 3.00. The average Bonchev–Trinajstić information content (AvgIpc) is 2.94. The number of hydrogen-bond donors (Lipinski definition) is 1. The van der Waals surface area contributed by atoms with E-state index in [-0.39, 0.29) is 5.69 Å². The van der Waals surface area contributed by atoms with Gasteiger partial charge in [-0.05, 0) is 24.4 Å². The monoisotopic (exact) mass is 320 g/mol. The molecule has 0 atom stereocenters. The summed E-state index contributed by atoms with van der Waals surface area (Å²) < 4.78 is 0. The van der Waals surface area contributed by atoms with Crippen LogP contribution in [0.2, 0.25) is 0 Å². The Bertz CT molecular complexity index is 622. The van der Waals surface area contributed by atoms with Gasteiger partial charge >= 0.3 is 0 Å². The van der Waals surface area contributed by atoms with Gasteiger partial charge in [0.25, 0.3) is 5.69 Å². The quantitative estimate of drug-likeness (QED) is 0.399. The molecule has 0 aliphatic carbocycles. The number of non-ortho nitro benzene ring substituents is 1. The van der Waals surface area contributed by atoms with Gasteiger partial charge in [0.05, 0.1) is 4.92 Å². The van der Waals surface area contributed by atoms with Crippen LogP contribution in [0.25, 0.3) is 0 Å². The van der Waals surface area contributed by atoms with Gasteiger partial charge in [-0.15, -0.1) is 6.42 Å². The van der Waals surface area contributed by atoms with Crippen LogP contribution in [-0.4, -0.2) is 38.9 Å². The fourth-order valence-electron chi connectivity index (χ4n) is 1.69. The Morgan fingerprint density at radius 2 is 2.29 bits per heavy atom. The summed E-state index contributed by atoms with van der Waals surface area (Å²) in [6.07, 6.45) is 5.20. The second kappa shape index (κ2) is 7.06. The molecule has 0 spiro atoms. The zero-order valence-electron chi connectivity index (χ0n) is 11.0. The standard InChI is InChI=1S/C13H12N4O2S2/c1-2-7-14-13-16(8-9-21-13)12(20)15-10-3-5-11(6-4-10)17(18)19/h1,3-6H,7-9H2,(H,15,20). The SMILES string of the molecule is C#CCN=C1SCCN1C(=S)Nc1ccc([N+](=O)[O-])cc1. The minimum atomic E-state index is -0.441. The third-order valence-electron chi connectivity index (χ3n) is 2.66. The van der Waals surface area contributed by atoms with Crippen molar-refractivity contribution in [3.8, 4) is 12.3 Å². The molecule has 1 heterocycles. The topological polar surface area (TPSA) is 70.8 Å². The molecule has 2 rings (SSSR count). The number of benzene rings is 1. The van der Waals surface area contributed by atoms with E-state index >= 15 is 0 Å². The molecule has 21 heavy (non-hydrogen) atoms. The van der Waals surface area contributed by atoms with Crippen LogP contribution < -0.4 is 5.32 Å². The van der Waals surface area contributed by atoms with Crippen LogP contribution in [0, 0.1) is 22.5 Å². The van der Waals surface area contributed by atoms with Crippen molar-refractivity contribution in [1.29, 1.82) is 0 Å². The third-order valence-corrected chi connectivity index (χ3v) is 3.97. The van der Waals surface area contributed by atoms with Gasteiger partial charge < -0.3 is 5.32 Å². The molecule has 1 N–H and O–H groups in total. The van der Waals surface area contributed by atoms with Crippen molar-refractivity contribution >= 4 is 45.6 Å². The Morgan fingerprint density at radius 1 is 1.57 bits per heavy atom. The van der Waals surface area contributed by atoms with Crippen molar-refractivity contribution < 1.29 is 4.92 Å². The number of rotatable bonds is 3. The number of aliphatic imine (C=N–C) groups is 1. The molecule has 0 amide bonds. The van der Waals surface area contributed by atoms with Crippen molar-refractivity contribution in [2.45, 2.75) is 0 Å². The number of thiocarbonyl (C=S) groups is 1. The fraction of sp³-hybridized carbons (Fsp3) is 0.231. The van der Waals surface area contributed by atoms with Crippen molar-refractivity contribution in [3.05, 3.63) is 34.4 Å². The molecule has 6 nitrogen and oxygen atoms in total. The van der Waals surface area contributed by atoms with Gasteiger partial charge in [-0.2, -0.15) is 0 Å². The van der Waals surface area contributed by atoms with E-state index in [1.807, 2.05) is 4.90 Å². The number of amidine groups is 1. The molecule has 108 valence electrons. The molecule has 0 unspecified atom stereocenters. The van der Waals surface area contributed by atoms with E-state index in [4.69, 9.17) is 18.6 Å². The number of hydrogen-bond acceptors (Lipinski definition) is 5. The van der Waals surface area contributed by atoms with Gasteiger partial charge in [-0.1, -0.05) is 17.7 Å². The highest BCUT2D eigenvalue weighted by molar-refractivity contribution is 8.14. The van der Waals surface area contributed by atoms with Gasteiger partial charge in [0.15, 0.2) is 10.3 Å². The normalized spacial score (nSPS) is 15.8. The number of nitro benzene ring substituents is 1. The molecule has 0 aromatic heterocycles. The van der Waals surface area contributed by atoms with E-state index in [2.05, 4.69) is 16.2 Å². The number of nitrogens with one attached hydrogen (secondary N) is 1. The first-order chi connectivity index (χ1) is 10.1. The van der Waals surface area contributed by atoms with E-state index in [0.717, 1.165) is 17.5 Å². The van der Waals surface area contributed by atoms with Crippen LogP contribution in [0.3, 0.4) is 0 Å². The van der Waals surface area contributed by atoms with Gasteiger partial charge in [0.1, 0.15) is 6.54 Å². The second-order valence-corrected chi connectivity index (χ2v) is 5.49. The van der Waals surface area contributed by atoms with Crippen LogP contribution in [0.1, 0.15) is 0 Å². The molecule has 8 heteroatoms. The van der Waals surface area contributed by atoms with E-state index in [9.17, 15) is 10.1 Å². The highest BCUT2D eigenvalue weighted by atomic mass is 32.2. The van der Waals surface area contributed by atoms with Crippen molar-refractivity contribution in [2.24, 2.45) is 4.99 Å². The van der Waals surface area contributed by atoms with Crippen LogP contribution in [0.4, 0.5) is 11.4 Å². The van der Waals surface area contributed by atoms with Gasteiger partial charge in [-0.3, -0.25) is 15.0 Å². The first kappa shape index (κ1) is 15.3. The first-order valence-corrected chi connectivity index (χ1v) is 7.45.